The minimum Gasteiger partial charge on any atom is -0.388 e. The first kappa shape index (κ1) is 8.14. The van der Waals surface area contributed by atoms with Crippen molar-refractivity contribution in [1.29, 1.82) is 0 Å². The number of aliphatic hydroxyl groups excluding tert-OH is 1. The van der Waals surface area contributed by atoms with Crippen LogP contribution < -0.4 is 0 Å². The Kier molecular flexibility index (Phi) is 2.54. The molecule has 0 radical (unpaired) electrons. The number of pyridine rings is 1. The van der Waals surface area contributed by atoms with Crippen LogP contribution >= 0.6 is 0 Å². The summed E-state index contributed by atoms with van der Waals surface area (Å²) in [6.07, 6.45) is 1.13. The largest absolute Gasteiger partial charge is 0.388 e. The van der Waals surface area contributed by atoms with Crippen LogP contribution in [0.3, 0.4) is 0 Å². The van der Waals surface area contributed by atoms with Gasteiger partial charge in [0.2, 0.25) is 5.95 Å². The molecule has 0 saturated carbocycles. The lowest BCUT2D eigenvalue weighted by Gasteiger charge is -2.06. The van der Waals surface area contributed by atoms with Gasteiger partial charge in [0.1, 0.15) is 0 Å². The molecule has 0 unspecified atom stereocenters. The minimum atomic E-state index is -0.733. The number of hydrogen-bond acceptors (Lipinski definition) is 2. The zero-order valence-corrected chi connectivity index (χ0v) is 6.29. The van der Waals surface area contributed by atoms with Crippen molar-refractivity contribution in [2.75, 3.05) is 0 Å². The molecular formula is C8H10FNO. The lowest BCUT2D eigenvalue weighted by atomic mass is 10.1. The average Bonchev–Trinajstić information content (AvgIpc) is 2.04. The third-order valence-corrected chi connectivity index (χ3v) is 1.53. The quantitative estimate of drug-likeness (QED) is 0.659. The molecule has 0 amide bonds. The van der Waals surface area contributed by atoms with Gasteiger partial charge in [-0.05, 0) is 12.5 Å². The maximum Gasteiger partial charge on any atom is 0.218 e. The standard InChI is InChI=1S/C8H10FNO/c1-2-7(11)6-4-3-5-10-8(6)9/h3-5,7,11H,2H2,1H3/t7-/m0/s1. The highest BCUT2D eigenvalue weighted by Crippen LogP contribution is 2.16. The Morgan fingerprint density at radius 2 is 2.45 bits per heavy atom. The average molecular weight is 155 g/mol. The van der Waals surface area contributed by atoms with E-state index in [1.165, 1.54) is 12.3 Å². The Balaban J connectivity index is 2.93. The number of hydrogen-bond donors (Lipinski definition) is 1. The van der Waals surface area contributed by atoms with Crippen LogP contribution in [0.4, 0.5) is 4.39 Å². The molecule has 60 valence electrons. The summed E-state index contributed by atoms with van der Waals surface area (Å²) in [5.41, 5.74) is 0.273. The molecule has 3 heteroatoms. The van der Waals surface area contributed by atoms with Crippen LogP contribution in [0.25, 0.3) is 0 Å². The van der Waals surface area contributed by atoms with E-state index in [4.69, 9.17) is 0 Å². The van der Waals surface area contributed by atoms with Crippen LogP contribution in [0.1, 0.15) is 25.0 Å². The molecule has 11 heavy (non-hydrogen) atoms. The molecule has 0 spiro atoms. The molecule has 1 aromatic heterocycles. The van der Waals surface area contributed by atoms with Gasteiger partial charge in [0, 0.05) is 11.8 Å². The molecule has 1 N–H and O–H groups in total. The summed E-state index contributed by atoms with van der Waals surface area (Å²) < 4.78 is 12.8. The second-order valence-corrected chi connectivity index (χ2v) is 2.31. The van der Waals surface area contributed by atoms with Gasteiger partial charge in [-0.2, -0.15) is 4.39 Å². The molecule has 1 atom stereocenters. The van der Waals surface area contributed by atoms with Crippen LogP contribution in [0.5, 0.6) is 0 Å². The third kappa shape index (κ3) is 1.74. The van der Waals surface area contributed by atoms with Gasteiger partial charge in [-0.3, -0.25) is 0 Å². The summed E-state index contributed by atoms with van der Waals surface area (Å²) in [4.78, 5) is 3.42. The third-order valence-electron chi connectivity index (χ3n) is 1.53. The zero-order chi connectivity index (χ0) is 8.27. The highest BCUT2D eigenvalue weighted by molar-refractivity contribution is 5.13. The van der Waals surface area contributed by atoms with E-state index < -0.39 is 12.1 Å². The predicted molar refractivity (Wildman–Crippen MR) is 39.4 cm³/mol. The van der Waals surface area contributed by atoms with Gasteiger partial charge in [0.25, 0.3) is 0 Å². The van der Waals surface area contributed by atoms with Crippen molar-refractivity contribution in [2.24, 2.45) is 0 Å². The Morgan fingerprint density at radius 3 is 3.00 bits per heavy atom. The number of aliphatic hydroxyl groups is 1. The van der Waals surface area contributed by atoms with Crippen molar-refractivity contribution in [3.05, 3.63) is 29.8 Å². The van der Waals surface area contributed by atoms with E-state index in [1.54, 1.807) is 13.0 Å². The molecule has 2 nitrogen and oxygen atoms in total. The maximum atomic E-state index is 12.8. The first-order valence-electron chi connectivity index (χ1n) is 3.54. The first-order valence-corrected chi connectivity index (χ1v) is 3.54. The predicted octanol–water partition coefficient (Wildman–Crippen LogP) is 1.66. The van der Waals surface area contributed by atoms with E-state index >= 15 is 0 Å². The highest BCUT2D eigenvalue weighted by atomic mass is 19.1. The van der Waals surface area contributed by atoms with Crippen LogP contribution in [0.2, 0.25) is 0 Å². The van der Waals surface area contributed by atoms with Gasteiger partial charge in [0.15, 0.2) is 0 Å². The number of halogens is 1. The zero-order valence-electron chi connectivity index (χ0n) is 6.29. The SMILES string of the molecule is CC[C@H](O)c1cccnc1F. The maximum absolute atomic E-state index is 12.8. The molecule has 0 aromatic carbocycles. The summed E-state index contributed by atoms with van der Waals surface area (Å²) in [6.45, 7) is 1.79. The van der Waals surface area contributed by atoms with Gasteiger partial charge in [0.05, 0.1) is 6.10 Å². The second kappa shape index (κ2) is 3.44. The molecule has 0 aliphatic heterocycles. The fourth-order valence-corrected chi connectivity index (χ4v) is 0.867. The molecule has 0 bridgehead atoms. The van der Waals surface area contributed by atoms with Crippen molar-refractivity contribution >= 4 is 0 Å². The number of rotatable bonds is 2. The van der Waals surface area contributed by atoms with E-state index in [2.05, 4.69) is 4.98 Å². The number of nitrogens with zero attached hydrogens (tertiary/aromatic N) is 1. The lowest BCUT2D eigenvalue weighted by Crippen LogP contribution is -1.99. The number of aromatic nitrogens is 1. The molecule has 0 aliphatic carbocycles. The molecular weight excluding hydrogens is 145 g/mol. The Morgan fingerprint density at radius 1 is 1.73 bits per heavy atom. The van der Waals surface area contributed by atoms with Gasteiger partial charge < -0.3 is 5.11 Å². The Bertz CT molecular complexity index is 239. The second-order valence-electron chi connectivity index (χ2n) is 2.31. The lowest BCUT2D eigenvalue weighted by molar-refractivity contribution is 0.168. The van der Waals surface area contributed by atoms with Gasteiger partial charge >= 0.3 is 0 Å². The van der Waals surface area contributed by atoms with E-state index in [9.17, 15) is 9.50 Å². The molecule has 0 aliphatic rings. The van der Waals surface area contributed by atoms with Crippen molar-refractivity contribution in [1.82, 2.24) is 4.98 Å². The summed E-state index contributed by atoms with van der Waals surface area (Å²) in [7, 11) is 0. The fourth-order valence-electron chi connectivity index (χ4n) is 0.867. The van der Waals surface area contributed by atoms with Crippen LogP contribution in [0.15, 0.2) is 18.3 Å². The molecule has 1 aromatic rings. The van der Waals surface area contributed by atoms with Crippen LogP contribution in [-0.2, 0) is 0 Å². The first-order chi connectivity index (χ1) is 5.25. The highest BCUT2D eigenvalue weighted by Gasteiger charge is 2.09. The van der Waals surface area contributed by atoms with Crippen molar-refractivity contribution in [3.63, 3.8) is 0 Å². The van der Waals surface area contributed by atoms with E-state index in [-0.39, 0.29) is 5.56 Å². The van der Waals surface area contributed by atoms with Crippen LogP contribution in [0, 0.1) is 5.95 Å². The molecule has 0 saturated heterocycles. The monoisotopic (exact) mass is 155 g/mol. The van der Waals surface area contributed by atoms with Crippen LogP contribution in [-0.4, -0.2) is 10.1 Å². The minimum absolute atomic E-state index is 0.273. The van der Waals surface area contributed by atoms with E-state index in [0.717, 1.165) is 0 Å². The topological polar surface area (TPSA) is 33.1 Å². The summed E-state index contributed by atoms with van der Waals surface area (Å²) in [6, 6.07) is 3.15. The van der Waals surface area contributed by atoms with Gasteiger partial charge in [-0.1, -0.05) is 13.0 Å². The smallest absolute Gasteiger partial charge is 0.218 e. The van der Waals surface area contributed by atoms with E-state index in [1.807, 2.05) is 0 Å². The summed E-state index contributed by atoms with van der Waals surface area (Å²) in [5, 5.41) is 9.23. The molecule has 1 heterocycles. The van der Waals surface area contributed by atoms with Gasteiger partial charge in [-0.15, -0.1) is 0 Å². The summed E-state index contributed by atoms with van der Waals surface area (Å²) in [5.74, 6) is -0.582. The molecule has 0 fully saturated rings. The van der Waals surface area contributed by atoms with Crippen molar-refractivity contribution in [3.8, 4) is 0 Å². The normalized spacial score (nSPS) is 13.0. The van der Waals surface area contributed by atoms with Crippen molar-refractivity contribution < 1.29 is 9.50 Å². The molecule has 1 rings (SSSR count). The van der Waals surface area contributed by atoms with Gasteiger partial charge in [-0.25, -0.2) is 4.98 Å². The Hall–Kier alpha value is -0.960. The van der Waals surface area contributed by atoms with Crippen molar-refractivity contribution in [2.45, 2.75) is 19.4 Å². The Labute approximate surface area is 64.7 Å². The summed E-state index contributed by atoms with van der Waals surface area (Å²) >= 11 is 0. The van der Waals surface area contributed by atoms with E-state index in [0.29, 0.717) is 6.42 Å². The fraction of sp³-hybridized carbons (Fsp3) is 0.375.